The lowest BCUT2D eigenvalue weighted by molar-refractivity contribution is -0.140. The highest BCUT2D eigenvalue weighted by Crippen LogP contribution is 2.28. The van der Waals surface area contributed by atoms with Crippen LogP contribution in [0.3, 0.4) is 0 Å². The standard InChI is InChI=1S/C19H29N3O3S/c1-16(2)19-21(18(23)15-20-11-6-7-12-20)13-8-14-22(19)26(24,25)17-9-4-3-5-10-17/h3-5,9-10,16,19H,6-8,11-15H2,1-2H3/t19-/m1/s1. The molecular formula is C19H29N3O3S. The largest absolute Gasteiger partial charge is 0.325 e. The third kappa shape index (κ3) is 3.94. The van der Waals surface area contributed by atoms with E-state index in [4.69, 9.17) is 0 Å². The smallest absolute Gasteiger partial charge is 0.244 e. The van der Waals surface area contributed by atoms with Crippen LogP contribution in [0.25, 0.3) is 0 Å². The van der Waals surface area contributed by atoms with Gasteiger partial charge in [0.15, 0.2) is 0 Å². The van der Waals surface area contributed by atoms with Gasteiger partial charge in [-0.3, -0.25) is 9.69 Å². The summed E-state index contributed by atoms with van der Waals surface area (Å²) in [5.41, 5.74) is 0. The van der Waals surface area contributed by atoms with Crippen molar-refractivity contribution >= 4 is 15.9 Å². The van der Waals surface area contributed by atoms with E-state index in [1.165, 1.54) is 4.31 Å². The van der Waals surface area contributed by atoms with Crippen molar-refractivity contribution in [3.05, 3.63) is 30.3 Å². The Morgan fingerprint density at radius 1 is 1.04 bits per heavy atom. The molecule has 2 heterocycles. The van der Waals surface area contributed by atoms with E-state index >= 15 is 0 Å². The van der Waals surface area contributed by atoms with Gasteiger partial charge in [-0.1, -0.05) is 32.0 Å². The maximum absolute atomic E-state index is 13.2. The molecule has 1 atom stereocenters. The first-order chi connectivity index (χ1) is 12.4. The molecule has 1 aromatic carbocycles. The fourth-order valence-electron chi connectivity index (χ4n) is 3.99. The molecular weight excluding hydrogens is 350 g/mol. The van der Waals surface area contributed by atoms with E-state index < -0.39 is 16.2 Å². The van der Waals surface area contributed by atoms with Crippen molar-refractivity contribution in [2.45, 2.75) is 44.2 Å². The van der Waals surface area contributed by atoms with Crippen molar-refractivity contribution in [1.82, 2.24) is 14.1 Å². The van der Waals surface area contributed by atoms with Crippen LogP contribution >= 0.6 is 0 Å². The molecule has 0 spiro atoms. The van der Waals surface area contributed by atoms with Crippen molar-refractivity contribution in [3.63, 3.8) is 0 Å². The summed E-state index contributed by atoms with van der Waals surface area (Å²) in [6.07, 6.45) is 2.51. The zero-order chi connectivity index (χ0) is 18.7. The highest BCUT2D eigenvalue weighted by molar-refractivity contribution is 7.89. The van der Waals surface area contributed by atoms with Gasteiger partial charge in [-0.15, -0.1) is 0 Å². The highest BCUT2D eigenvalue weighted by atomic mass is 32.2. The molecule has 7 heteroatoms. The number of hydrogen-bond donors (Lipinski definition) is 0. The maximum atomic E-state index is 13.2. The molecule has 0 unspecified atom stereocenters. The number of benzene rings is 1. The summed E-state index contributed by atoms with van der Waals surface area (Å²) in [4.78, 5) is 17.2. The Bertz CT molecular complexity index is 715. The molecule has 3 rings (SSSR count). The molecule has 144 valence electrons. The highest BCUT2D eigenvalue weighted by Gasteiger charge is 2.41. The SMILES string of the molecule is CC(C)[C@@H]1N(C(=O)CN2CCCC2)CCCN1S(=O)(=O)c1ccccc1. The zero-order valence-electron chi connectivity index (χ0n) is 15.7. The number of likely N-dealkylation sites (tertiary alicyclic amines) is 1. The Morgan fingerprint density at radius 3 is 2.31 bits per heavy atom. The van der Waals surface area contributed by atoms with Gasteiger partial charge in [0, 0.05) is 13.1 Å². The molecule has 2 fully saturated rings. The monoisotopic (exact) mass is 379 g/mol. The molecule has 0 bridgehead atoms. The van der Waals surface area contributed by atoms with E-state index in [2.05, 4.69) is 4.90 Å². The van der Waals surface area contributed by atoms with E-state index in [9.17, 15) is 13.2 Å². The Hall–Kier alpha value is -1.44. The average molecular weight is 380 g/mol. The summed E-state index contributed by atoms with van der Waals surface area (Å²) >= 11 is 0. The van der Waals surface area contributed by atoms with Crippen LogP contribution in [0, 0.1) is 5.92 Å². The minimum absolute atomic E-state index is 0.0244. The van der Waals surface area contributed by atoms with Crippen LogP contribution in [0.4, 0.5) is 0 Å². The van der Waals surface area contributed by atoms with Crippen LogP contribution in [-0.4, -0.2) is 67.3 Å². The van der Waals surface area contributed by atoms with Crippen molar-refractivity contribution in [2.75, 3.05) is 32.7 Å². The Kier molecular flexibility index (Phi) is 5.99. The van der Waals surface area contributed by atoms with Gasteiger partial charge in [-0.2, -0.15) is 4.31 Å². The molecule has 2 saturated heterocycles. The first-order valence-corrected chi connectivity index (χ1v) is 10.9. The van der Waals surface area contributed by atoms with Crippen molar-refractivity contribution in [3.8, 4) is 0 Å². The van der Waals surface area contributed by atoms with Crippen LogP contribution in [0.15, 0.2) is 35.2 Å². The molecule has 2 aliphatic rings. The van der Waals surface area contributed by atoms with Gasteiger partial charge in [-0.25, -0.2) is 8.42 Å². The fourth-order valence-corrected chi connectivity index (χ4v) is 5.78. The van der Waals surface area contributed by atoms with Crippen LogP contribution in [0.1, 0.15) is 33.1 Å². The molecule has 1 aromatic rings. The first kappa shape index (κ1) is 19.3. The normalized spacial score (nSPS) is 22.9. The molecule has 26 heavy (non-hydrogen) atoms. The van der Waals surface area contributed by atoms with E-state index in [1.54, 1.807) is 35.2 Å². The van der Waals surface area contributed by atoms with Gasteiger partial charge in [0.05, 0.1) is 11.4 Å². The third-order valence-electron chi connectivity index (χ3n) is 5.22. The zero-order valence-corrected chi connectivity index (χ0v) is 16.5. The topological polar surface area (TPSA) is 60.9 Å². The Morgan fingerprint density at radius 2 is 1.69 bits per heavy atom. The number of hydrogen-bond acceptors (Lipinski definition) is 4. The van der Waals surface area contributed by atoms with E-state index in [-0.39, 0.29) is 11.8 Å². The number of rotatable bonds is 5. The summed E-state index contributed by atoms with van der Waals surface area (Å²) in [6, 6.07) is 8.52. The molecule has 2 aliphatic heterocycles. The second-order valence-electron chi connectivity index (χ2n) is 7.51. The summed E-state index contributed by atoms with van der Waals surface area (Å²) in [7, 11) is -3.62. The first-order valence-electron chi connectivity index (χ1n) is 9.50. The Labute approximate surface area is 156 Å². The van der Waals surface area contributed by atoms with Gasteiger partial charge in [0.25, 0.3) is 0 Å². The maximum Gasteiger partial charge on any atom is 0.244 e. The molecule has 0 aromatic heterocycles. The average Bonchev–Trinajstić information content (AvgIpc) is 3.14. The van der Waals surface area contributed by atoms with Crippen LogP contribution in [0.2, 0.25) is 0 Å². The molecule has 0 N–H and O–H groups in total. The van der Waals surface area contributed by atoms with Crippen molar-refractivity contribution < 1.29 is 13.2 Å². The number of amides is 1. The molecule has 6 nitrogen and oxygen atoms in total. The summed E-state index contributed by atoms with van der Waals surface area (Å²) in [6.45, 7) is 7.35. The van der Waals surface area contributed by atoms with Gasteiger partial charge in [-0.05, 0) is 50.4 Å². The Balaban J connectivity index is 1.85. The van der Waals surface area contributed by atoms with Gasteiger partial charge < -0.3 is 4.90 Å². The minimum Gasteiger partial charge on any atom is -0.325 e. The van der Waals surface area contributed by atoms with Gasteiger partial charge >= 0.3 is 0 Å². The predicted octanol–water partition coefficient (Wildman–Crippen LogP) is 1.99. The van der Waals surface area contributed by atoms with Crippen LogP contribution < -0.4 is 0 Å². The lowest BCUT2D eigenvalue weighted by Crippen LogP contribution is -2.60. The van der Waals surface area contributed by atoms with Crippen molar-refractivity contribution in [1.29, 1.82) is 0 Å². The lowest BCUT2D eigenvalue weighted by Gasteiger charge is -2.45. The minimum atomic E-state index is -3.62. The summed E-state index contributed by atoms with van der Waals surface area (Å²) in [5.74, 6) is 0.0647. The predicted molar refractivity (Wildman–Crippen MR) is 101 cm³/mol. The van der Waals surface area contributed by atoms with E-state index in [0.717, 1.165) is 25.9 Å². The fraction of sp³-hybridized carbons (Fsp3) is 0.632. The number of carbonyl (C=O) groups excluding carboxylic acids is 1. The van der Waals surface area contributed by atoms with Crippen LogP contribution in [0.5, 0.6) is 0 Å². The number of nitrogens with zero attached hydrogens (tertiary/aromatic N) is 3. The summed E-state index contributed by atoms with van der Waals surface area (Å²) < 4.78 is 27.9. The third-order valence-corrected chi connectivity index (χ3v) is 7.10. The van der Waals surface area contributed by atoms with E-state index in [1.807, 2.05) is 13.8 Å². The second kappa shape index (κ2) is 8.06. The molecule has 1 amide bonds. The van der Waals surface area contributed by atoms with E-state index in [0.29, 0.717) is 31.0 Å². The molecule has 0 aliphatic carbocycles. The quantitative estimate of drug-likeness (QED) is 0.785. The van der Waals surface area contributed by atoms with Gasteiger partial charge in [0.2, 0.25) is 15.9 Å². The lowest BCUT2D eigenvalue weighted by atomic mass is 10.1. The number of carbonyl (C=O) groups is 1. The molecule has 0 saturated carbocycles. The van der Waals surface area contributed by atoms with Crippen molar-refractivity contribution in [2.24, 2.45) is 5.92 Å². The summed E-state index contributed by atoms with van der Waals surface area (Å²) in [5, 5.41) is 0. The second-order valence-corrected chi connectivity index (χ2v) is 9.40. The van der Waals surface area contributed by atoms with Gasteiger partial charge in [0.1, 0.15) is 6.17 Å². The number of sulfonamides is 1. The molecule has 0 radical (unpaired) electrons. The van der Waals surface area contributed by atoms with Crippen LogP contribution in [-0.2, 0) is 14.8 Å².